The van der Waals surface area contributed by atoms with Gasteiger partial charge < -0.3 is 15.5 Å². The van der Waals surface area contributed by atoms with Crippen LogP contribution in [0.5, 0.6) is 0 Å². The van der Waals surface area contributed by atoms with E-state index < -0.39 is 0 Å². The molecule has 3 rings (SSSR count). The molecular formula is C20H30IN5S. The van der Waals surface area contributed by atoms with E-state index in [2.05, 4.69) is 58.3 Å². The molecule has 1 aromatic heterocycles. The average Bonchev–Trinajstić information content (AvgIpc) is 3.09. The molecule has 1 fully saturated rings. The summed E-state index contributed by atoms with van der Waals surface area (Å²) in [5.74, 6) is 0.870. The Morgan fingerprint density at radius 2 is 1.96 bits per heavy atom. The van der Waals surface area contributed by atoms with E-state index in [0.29, 0.717) is 6.54 Å². The van der Waals surface area contributed by atoms with Crippen molar-refractivity contribution >= 4 is 46.4 Å². The molecule has 0 radical (unpaired) electrons. The number of nitrogens with one attached hydrogen (secondary N) is 2. The van der Waals surface area contributed by atoms with Crippen molar-refractivity contribution in [3.63, 3.8) is 0 Å². The first kappa shape index (κ1) is 21.9. The molecule has 0 amide bonds. The van der Waals surface area contributed by atoms with E-state index in [4.69, 9.17) is 4.99 Å². The van der Waals surface area contributed by atoms with E-state index in [0.717, 1.165) is 29.9 Å². The van der Waals surface area contributed by atoms with Crippen LogP contribution in [0.1, 0.15) is 37.4 Å². The smallest absolute Gasteiger partial charge is 0.191 e. The van der Waals surface area contributed by atoms with Crippen molar-refractivity contribution in [1.29, 1.82) is 0 Å². The number of hydrogen-bond acceptors (Lipinski definition) is 4. The second-order valence-corrected chi connectivity index (χ2v) is 7.90. The van der Waals surface area contributed by atoms with Gasteiger partial charge in [-0.25, -0.2) is 9.98 Å². The third kappa shape index (κ3) is 5.57. The minimum absolute atomic E-state index is 0. The van der Waals surface area contributed by atoms with Crippen LogP contribution in [0.15, 0.2) is 40.7 Å². The van der Waals surface area contributed by atoms with Gasteiger partial charge in [0.1, 0.15) is 0 Å². The minimum Gasteiger partial charge on any atom is -0.357 e. The van der Waals surface area contributed by atoms with Gasteiger partial charge in [0.15, 0.2) is 11.1 Å². The standard InChI is InChI=1S/C20H29N5S.HI/c1-4-21-18(22-13-17-14-26-19(24-17)25(2)3)23-15-20(11-8-12-20)16-9-6-5-7-10-16;/h5-7,9-10,14H,4,8,11-13,15H2,1-3H3,(H2,21,22,23);1H. The lowest BCUT2D eigenvalue weighted by molar-refractivity contribution is 0.244. The van der Waals surface area contributed by atoms with Crippen molar-refractivity contribution in [3.8, 4) is 0 Å². The number of nitrogens with zero attached hydrogens (tertiary/aromatic N) is 3. The molecule has 27 heavy (non-hydrogen) atoms. The van der Waals surface area contributed by atoms with Crippen molar-refractivity contribution in [1.82, 2.24) is 15.6 Å². The fraction of sp³-hybridized carbons (Fsp3) is 0.500. The molecule has 2 N–H and O–H groups in total. The van der Waals surface area contributed by atoms with Crippen LogP contribution >= 0.6 is 35.3 Å². The highest BCUT2D eigenvalue weighted by Gasteiger charge is 2.38. The number of anilines is 1. The first-order chi connectivity index (χ1) is 12.6. The predicted molar refractivity (Wildman–Crippen MR) is 127 cm³/mol. The summed E-state index contributed by atoms with van der Waals surface area (Å²) in [6, 6.07) is 10.9. The van der Waals surface area contributed by atoms with E-state index in [1.54, 1.807) is 11.3 Å². The van der Waals surface area contributed by atoms with Gasteiger partial charge in [-0.05, 0) is 25.3 Å². The SMILES string of the molecule is CCNC(=NCc1csc(N(C)C)n1)NCC1(c2ccccc2)CCC1.I. The highest BCUT2D eigenvalue weighted by atomic mass is 127. The molecule has 0 bridgehead atoms. The lowest BCUT2D eigenvalue weighted by Crippen LogP contribution is -2.48. The summed E-state index contributed by atoms with van der Waals surface area (Å²) >= 11 is 1.66. The fourth-order valence-corrected chi connectivity index (χ4v) is 4.04. The fourth-order valence-electron chi connectivity index (χ4n) is 3.29. The molecule has 0 saturated heterocycles. The van der Waals surface area contributed by atoms with Crippen LogP contribution in [0.3, 0.4) is 0 Å². The second kappa shape index (κ2) is 10.3. The summed E-state index contributed by atoms with van der Waals surface area (Å²) in [5.41, 5.74) is 2.69. The normalized spacial score (nSPS) is 15.4. The number of aliphatic imine (C=N–C) groups is 1. The maximum absolute atomic E-state index is 4.73. The Labute approximate surface area is 183 Å². The van der Waals surface area contributed by atoms with E-state index in [1.807, 2.05) is 19.0 Å². The van der Waals surface area contributed by atoms with E-state index in [-0.39, 0.29) is 29.4 Å². The van der Waals surface area contributed by atoms with Gasteiger partial charge >= 0.3 is 0 Å². The first-order valence-corrected chi connectivity index (χ1v) is 10.2. The molecule has 0 atom stereocenters. The number of halogens is 1. The second-order valence-electron chi connectivity index (χ2n) is 7.06. The Hall–Kier alpha value is -1.35. The first-order valence-electron chi connectivity index (χ1n) is 9.32. The van der Waals surface area contributed by atoms with Crippen LogP contribution in [0.4, 0.5) is 5.13 Å². The molecule has 1 heterocycles. The topological polar surface area (TPSA) is 52.6 Å². The number of benzene rings is 1. The lowest BCUT2D eigenvalue weighted by atomic mass is 9.64. The lowest BCUT2D eigenvalue weighted by Gasteiger charge is -2.43. The summed E-state index contributed by atoms with van der Waals surface area (Å²) in [7, 11) is 4.03. The van der Waals surface area contributed by atoms with Gasteiger partial charge in [0.25, 0.3) is 0 Å². The molecule has 1 aliphatic rings. The number of hydrogen-bond donors (Lipinski definition) is 2. The Morgan fingerprint density at radius 3 is 2.52 bits per heavy atom. The van der Waals surface area contributed by atoms with Crippen LogP contribution < -0.4 is 15.5 Å². The summed E-state index contributed by atoms with van der Waals surface area (Å²) in [6.45, 7) is 4.46. The van der Waals surface area contributed by atoms with Crippen LogP contribution in [0.25, 0.3) is 0 Å². The van der Waals surface area contributed by atoms with Gasteiger partial charge in [-0.15, -0.1) is 35.3 Å². The molecule has 0 spiro atoms. The Kier molecular flexibility index (Phi) is 8.34. The maximum atomic E-state index is 4.73. The third-order valence-corrected chi connectivity index (χ3v) is 6.01. The largest absolute Gasteiger partial charge is 0.357 e. The van der Waals surface area contributed by atoms with Gasteiger partial charge in [-0.3, -0.25) is 0 Å². The molecule has 5 nitrogen and oxygen atoms in total. The number of thiazole rings is 1. The van der Waals surface area contributed by atoms with Crippen molar-refractivity contribution < 1.29 is 0 Å². The van der Waals surface area contributed by atoms with Gasteiger partial charge in [0.2, 0.25) is 0 Å². The van der Waals surface area contributed by atoms with Crippen LogP contribution in [-0.2, 0) is 12.0 Å². The molecule has 1 saturated carbocycles. The summed E-state index contributed by atoms with van der Waals surface area (Å²) in [4.78, 5) is 11.4. The zero-order chi connectivity index (χ0) is 18.4. The Bertz CT molecular complexity index is 725. The maximum Gasteiger partial charge on any atom is 0.191 e. The van der Waals surface area contributed by atoms with Crippen LogP contribution in [0, 0.1) is 0 Å². The van der Waals surface area contributed by atoms with E-state index in [9.17, 15) is 0 Å². The Balaban J connectivity index is 0.00000261. The molecule has 1 aromatic carbocycles. The summed E-state index contributed by atoms with van der Waals surface area (Å²) in [6.07, 6.45) is 3.78. The van der Waals surface area contributed by atoms with Crippen molar-refractivity contribution in [2.45, 2.75) is 38.1 Å². The van der Waals surface area contributed by atoms with Crippen molar-refractivity contribution in [2.75, 3.05) is 32.1 Å². The van der Waals surface area contributed by atoms with Crippen molar-refractivity contribution in [2.24, 2.45) is 4.99 Å². The van der Waals surface area contributed by atoms with E-state index in [1.165, 1.54) is 24.8 Å². The zero-order valence-corrected chi connectivity index (χ0v) is 19.5. The Morgan fingerprint density at radius 1 is 1.22 bits per heavy atom. The molecule has 2 aromatic rings. The van der Waals surface area contributed by atoms with Gasteiger partial charge in [0, 0.05) is 38.0 Å². The van der Waals surface area contributed by atoms with Gasteiger partial charge in [-0.2, -0.15) is 0 Å². The average molecular weight is 499 g/mol. The molecule has 0 unspecified atom stereocenters. The van der Waals surface area contributed by atoms with E-state index >= 15 is 0 Å². The third-order valence-electron chi connectivity index (χ3n) is 4.96. The van der Waals surface area contributed by atoms with Gasteiger partial charge in [0.05, 0.1) is 12.2 Å². The van der Waals surface area contributed by atoms with Crippen LogP contribution in [-0.4, -0.2) is 38.1 Å². The molecule has 1 aliphatic carbocycles. The molecule has 7 heteroatoms. The highest BCUT2D eigenvalue weighted by molar-refractivity contribution is 14.0. The number of aromatic nitrogens is 1. The summed E-state index contributed by atoms with van der Waals surface area (Å²) < 4.78 is 0. The molecule has 148 valence electrons. The van der Waals surface area contributed by atoms with Crippen LogP contribution in [0.2, 0.25) is 0 Å². The quantitative estimate of drug-likeness (QED) is 0.344. The monoisotopic (exact) mass is 499 g/mol. The molecule has 0 aliphatic heterocycles. The highest BCUT2D eigenvalue weighted by Crippen LogP contribution is 2.43. The van der Waals surface area contributed by atoms with Crippen molar-refractivity contribution in [3.05, 3.63) is 47.0 Å². The molecular weight excluding hydrogens is 469 g/mol. The minimum atomic E-state index is 0. The number of guanidine groups is 1. The zero-order valence-electron chi connectivity index (χ0n) is 16.4. The summed E-state index contributed by atoms with van der Waals surface area (Å²) in [5, 5.41) is 10.0. The number of rotatable bonds is 7. The predicted octanol–water partition coefficient (Wildman–Crippen LogP) is 4.00. The van der Waals surface area contributed by atoms with Gasteiger partial charge in [-0.1, -0.05) is 36.8 Å².